The summed E-state index contributed by atoms with van der Waals surface area (Å²) < 4.78 is 0. The molecule has 0 bridgehead atoms. The summed E-state index contributed by atoms with van der Waals surface area (Å²) in [6.07, 6.45) is 3.61. The van der Waals surface area contributed by atoms with Crippen molar-refractivity contribution in [3.05, 3.63) is 58.4 Å². The number of rotatable bonds is 5. The molecule has 1 aliphatic heterocycles. The second-order valence-electron chi connectivity index (χ2n) is 6.60. The predicted octanol–water partition coefficient (Wildman–Crippen LogP) is 3.51. The maximum Gasteiger partial charge on any atom is 0.223 e. The lowest BCUT2D eigenvalue weighted by atomic mass is 10.1. The van der Waals surface area contributed by atoms with Gasteiger partial charge in [-0.3, -0.25) is 9.69 Å². The van der Waals surface area contributed by atoms with Crippen molar-refractivity contribution in [1.29, 1.82) is 0 Å². The first kappa shape index (κ1) is 16.4. The lowest BCUT2D eigenvalue weighted by Crippen LogP contribution is -2.48. The van der Waals surface area contributed by atoms with Crippen molar-refractivity contribution in [1.82, 2.24) is 14.8 Å². The average Bonchev–Trinajstić information content (AvgIpc) is 3.31. The van der Waals surface area contributed by atoms with Crippen LogP contribution in [0.3, 0.4) is 0 Å². The molecule has 130 valence electrons. The van der Waals surface area contributed by atoms with E-state index in [0.29, 0.717) is 12.3 Å². The Morgan fingerprint density at radius 2 is 1.92 bits per heavy atom. The third kappa shape index (κ3) is 3.78. The van der Waals surface area contributed by atoms with Crippen molar-refractivity contribution >= 4 is 28.1 Å². The number of benzene rings is 1. The van der Waals surface area contributed by atoms with Crippen LogP contribution in [0.25, 0.3) is 10.9 Å². The molecular weight excluding hydrogens is 330 g/mol. The van der Waals surface area contributed by atoms with Crippen LogP contribution in [0.5, 0.6) is 0 Å². The highest BCUT2D eigenvalue weighted by molar-refractivity contribution is 7.09. The SMILES string of the molecule is O=C(CCc1cccs1)N1CCN(Cc2c[nH]c3ccccc23)CC1. The van der Waals surface area contributed by atoms with E-state index in [1.54, 1.807) is 11.3 Å². The minimum absolute atomic E-state index is 0.292. The number of aromatic nitrogens is 1. The molecular formula is C20H23N3OS. The molecule has 0 radical (unpaired) electrons. The zero-order valence-electron chi connectivity index (χ0n) is 14.3. The van der Waals surface area contributed by atoms with Gasteiger partial charge in [0.2, 0.25) is 5.91 Å². The van der Waals surface area contributed by atoms with Gasteiger partial charge in [-0.15, -0.1) is 11.3 Å². The highest BCUT2D eigenvalue weighted by atomic mass is 32.1. The minimum Gasteiger partial charge on any atom is -0.361 e. The number of hydrogen-bond acceptors (Lipinski definition) is 3. The van der Waals surface area contributed by atoms with E-state index in [-0.39, 0.29) is 0 Å². The highest BCUT2D eigenvalue weighted by Gasteiger charge is 2.21. The molecule has 3 heterocycles. The van der Waals surface area contributed by atoms with Crippen LogP contribution in [-0.2, 0) is 17.8 Å². The molecule has 3 aromatic rings. The van der Waals surface area contributed by atoms with E-state index in [2.05, 4.69) is 51.8 Å². The Kier molecular flexibility index (Phi) is 4.85. The summed E-state index contributed by atoms with van der Waals surface area (Å²) in [7, 11) is 0. The third-order valence-electron chi connectivity index (χ3n) is 4.96. The molecule has 1 N–H and O–H groups in total. The number of amides is 1. The van der Waals surface area contributed by atoms with Crippen LogP contribution < -0.4 is 0 Å². The number of carbonyl (C=O) groups excluding carboxylic acids is 1. The van der Waals surface area contributed by atoms with Gasteiger partial charge in [0, 0.05) is 61.1 Å². The second-order valence-corrected chi connectivity index (χ2v) is 7.63. The molecule has 1 aliphatic rings. The normalized spacial score (nSPS) is 15.8. The van der Waals surface area contributed by atoms with Gasteiger partial charge in [-0.25, -0.2) is 0 Å². The molecule has 5 heteroatoms. The molecule has 25 heavy (non-hydrogen) atoms. The van der Waals surface area contributed by atoms with Crippen molar-refractivity contribution in [3.63, 3.8) is 0 Å². The van der Waals surface area contributed by atoms with Crippen LogP contribution in [-0.4, -0.2) is 46.9 Å². The van der Waals surface area contributed by atoms with Crippen LogP contribution in [0.2, 0.25) is 0 Å². The Balaban J connectivity index is 1.28. The first-order valence-corrected chi connectivity index (χ1v) is 9.75. The van der Waals surface area contributed by atoms with Crippen LogP contribution in [0.4, 0.5) is 0 Å². The molecule has 0 saturated carbocycles. The number of piperazine rings is 1. The fourth-order valence-electron chi connectivity index (χ4n) is 3.50. The van der Waals surface area contributed by atoms with Crippen molar-refractivity contribution in [3.8, 4) is 0 Å². The van der Waals surface area contributed by atoms with Crippen LogP contribution in [0.15, 0.2) is 48.0 Å². The van der Waals surface area contributed by atoms with Gasteiger partial charge in [-0.05, 0) is 29.5 Å². The number of hydrogen-bond donors (Lipinski definition) is 1. The predicted molar refractivity (Wildman–Crippen MR) is 103 cm³/mol. The Morgan fingerprint density at radius 1 is 1.08 bits per heavy atom. The zero-order valence-corrected chi connectivity index (χ0v) is 15.1. The number of aryl methyl sites for hydroxylation is 1. The van der Waals surface area contributed by atoms with E-state index < -0.39 is 0 Å². The Bertz CT molecular complexity index is 832. The molecule has 1 saturated heterocycles. The molecule has 1 aromatic carbocycles. The summed E-state index contributed by atoms with van der Waals surface area (Å²) in [6.45, 7) is 4.52. The second kappa shape index (κ2) is 7.42. The highest BCUT2D eigenvalue weighted by Crippen LogP contribution is 2.20. The van der Waals surface area contributed by atoms with Crippen molar-refractivity contribution in [2.75, 3.05) is 26.2 Å². The topological polar surface area (TPSA) is 39.3 Å². The lowest BCUT2D eigenvalue weighted by molar-refractivity contribution is -0.132. The van der Waals surface area contributed by atoms with Gasteiger partial charge in [0.05, 0.1) is 0 Å². The molecule has 4 rings (SSSR count). The summed E-state index contributed by atoms with van der Waals surface area (Å²) in [5, 5.41) is 3.38. The molecule has 0 atom stereocenters. The smallest absolute Gasteiger partial charge is 0.223 e. The minimum atomic E-state index is 0.292. The number of thiophene rings is 1. The average molecular weight is 353 g/mol. The summed E-state index contributed by atoms with van der Waals surface area (Å²) in [5.41, 5.74) is 2.54. The van der Waals surface area contributed by atoms with Gasteiger partial charge >= 0.3 is 0 Å². The fourth-order valence-corrected chi connectivity index (χ4v) is 4.21. The van der Waals surface area contributed by atoms with Crippen molar-refractivity contribution in [2.24, 2.45) is 0 Å². The van der Waals surface area contributed by atoms with E-state index in [1.807, 2.05) is 11.0 Å². The maximum absolute atomic E-state index is 12.4. The summed E-state index contributed by atoms with van der Waals surface area (Å²) in [4.78, 5) is 21.5. The standard InChI is InChI=1S/C20H23N3OS/c24-20(8-7-17-4-3-13-25-17)23-11-9-22(10-12-23)15-16-14-21-19-6-2-1-5-18(16)19/h1-6,13-14,21H,7-12,15H2. The number of nitrogens with one attached hydrogen (secondary N) is 1. The number of H-pyrrole nitrogens is 1. The van der Waals surface area contributed by atoms with Gasteiger partial charge in [0.1, 0.15) is 0 Å². The quantitative estimate of drug-likeness (QED) is 0.762. The molecule has 0 aliphatic carbocycles. The van der Waals surface area contributed by atoms with Crippen LogP contribution in [0.1, 0.15) is 16.9 Å². The van der Waals surface area contributed by atoms with Gasteiger partial charge in [0.15, 0.2) is 0 Å². The van der Waals surface area contributed by atoms with Gasteiger partial charge in [-0.2, -0.15) is 0 Å². The van der Waals surface area contributed by atoms with Gasteiger partial charge in [0.25, 0.3) is 0 Å². The number of aromatic amines is 1. The number of para-hydroxylation sites is 1. The third-order valence-corrected chi connectivity index (χ3v) is 5.90. The number of nitrogens with zero attached hydrogens (tertiary/aromatic N) is 2. The number of fused-ring (bicyclic) bond motifs is 1. The van der Waals surface area contributed by atoms with E-state index in [0.717, 1.165) is 39.1 Å². The van der Waals surface area contributed by atoms with Gasteiger partial charge in [-0.1, -0.05) is 24.3 Å². The lowest BCUT2D eigenvalue weighted by Gasteiger charge is -2.34. The Hall–Kier alpha value is -2.11. The Labute approximate surface area is 152 Å². The molecule has 0 spiro atoms. The van der Waals surface area contributed by atoms with Gasteiger partial charge < -0.3 is 9.88 Å². The molecule has 4 nitrogen and oxygen atoms in total. The van der Waals surface area contributed by atoms with E-state index in [9.17, 15) is 4.79 Å². The van der Waals surface area contributed by atoms with Crippen molar-refractivity contribution < 1.29 is 4.79 Å². The monoisotopic (exact) mass is 353 g/mol. The molecule has 1 amide bonds. The molecule has 0 unspecified atom stereocenters. The number of carbonyl (C=O) groups is 1. The summed E-state index contributed by atoms with van der Waals surface area (Å²) in [6, 6.07) is 12.6. The molecule has 2 aromatic heterocycles. The Morgan fingerprint density at radius 3 is 2.72 bits per heavy atom. The van der Waals surface area contributed by atoms with E-state index in [1.165, 1.54) is 21.3 Å². The first-order valence-electron chi connectivity index (χ1n) is 8.87. The van der Waals surface area contributed by atoms with Crippen LogP contribution in [0, 0.1) is 0 Å². The molecule has 1 fully saturated rings. The van der Waals surface area contributed by atoms with E-state index >= 15 is 0 Å². The largest absolute Gasteiger partial charge is 0.361 e. The van der Waals surface area contributed by atoms with Crippen LogP contribution >= 0.6 is 11.3 Å². The summed E-state index contributed by atoms with van der Waals surface area (Å²) in [5.74, 6) is 0.292. The van der Waals surface area contributed by atoms with E-state index in [4.69, 9.17) is 0 Å². The zero-order chi connectivity index (χ0) is 17.1. The summed E-state index contributed by atoms with van der Waals surface area (Å²) >= 11 is 1.73. The fraction of sp³-hybridized carbons (Fsp3) is 0.350. The first-order chi connectivity index (χ1) is 12.3. The van der Waals surface area contributed by atoms with Crippen molar-refractivity contribution in [2.45, 2.75) is 19.4 Å². The maximum atomic E-state index is 12.4.